The Morgan fingerprint density at radius 1 is 0.893 bits per heavy atom. The van der Waals surface area contributed by atoms with Crippen LogP contribution in [-0.4, -0.2) is 20.6 Å². The Kier molecular flexibility index (Phi) is 5.33. The zero-order valence-corrected chi connectivity index (χ0v) is 15.4. The van der Waals surface area contributed by atoms with E-state index in [1.807, 2.05) is 83.9 Å². The normalized spacial score (nSPS) is 10.7. The molecule has 2 aromatic heterocycles. The lowest BCUT2D eigenvalue weighted by Crippen LogP contribution is -2.31. The Balaban J connectivity index is 1.49. The van der Waals surface area contributed by atoms with E-state index < -0.39 is 0 Å². The average molecular weight is 371 g/mol. The molecule has 1 amide bonds. The van der Waals surface area contributed by atoms with Gasteiger partial charge in [0.1, 0.15) is 5.76 Å². The molecule has 4 aromatic rings. The zero-order chi connectivity index (χ0) is 19.2. The number of nitrogens with zero attached hydrogens (tertiary/aromatic N) is 3. The molecule has 140 valence electrons. The van der Waals surface area contributed by atoms with Crippen LogP contribution >= 0.6 is 0 Å². The first-order valence-electron chi connectivity index (χ1n) is 9.21. The molecule has 0 aliphatic rings. The Bertz CT molecular complexity index is 1010. The molecule has 0 radical (unpaired) electrons. The highest BCUT2D eigenvalue weighted by molar-refractivity contribution is 5.78. The van der Waals surface area contributed by atoms with Gasteiger partial charge in [0, 0.05) is 12.7 Å². The molecular weight excluding hydrogens is 350 g/mol. The van der Waals surface area contributed by atoms with Crippen molar-refractivity contribution >= 4 is 5.91 Å². The van der Waals surface area contributed by atoms with E-state index in [2.05, 4.69) is 5.10 Å². The number of para-hydroxylation sites is 1. The van der Waals surface area contributed by atoms with E-state index >= 15 is 0 Å². The molecule has 4 rings (SSSR count). The van der Waals surface area contributed by atoms with Crippen molar-refractivity contribution in [3.8, 4) is 5.69 Å². The molecule has 2 aromatic carbocycles. The summed E-state index contributed by atoms with van der Waals surface area (Å²) in [5.41, 5.74) is 2.94. The van der Waals surface area contributed by atoms with Crippen LogP contribution in [0.25, 0.3) is 5.69 Å². The zero-order valence-electron chi connectivity index (χ0n) is 15.4. The number of amides is 1. The molecule has 2 heterocycles. The summed E-state index contributed by atoms with van der Waals surface area (Å²) in [4.78, 5) is 14.8. The van der Waals surface area contributed by atoms with E-state index in [-0.39, 0.29) is 5.91 Å². The van der Waals surface area contributed by atoms with Crippen molar-refractivity contribution in [1.82, 2.24) is 14.7 Å². The first kappa shape index (κ1) is 17.8. The first-order chi connectivity index (χ1) is 13.8. The summed E-state index contributed by atoms with van der Waals surface area (Å²) in [5, 5.41) is 4.39. The van der Waals surface area contributed by atoms with Crippen LogP contribution < -0.4 is 0 Å². The maximum absolute atomic E-state index is 13.0. The number of benzene rings is 2. The summed E-state index contributed by atoms with van der Waals surface area (Å²) in [6.07, 6.45) is 5.57. The smallest absolute Gasteiger partial charge is 0.227 e. The van der Waals surface area contributed by atoms with Crippen molar-refractivity contribution in [2.45, 2.75) is 19.5 Å². The summed E-state index contributed by atoms with van der Waals surface area (Å²) in [6, 6.07) is 23.6. The van der Waals surface area contributed by atoms with Gasteiger partial charge in [0.2, 0.25) is 5.91 Å². The van der Waals surface area contributed by atoms with E-state index in [0.29, 0.717) is 19.5 Å². The predicted molar refractivity (Wildman–Crippen MR) is 107 cm³/mol. The maximum Gasteiger partial charge on any atom is 0.227 e. The number of rotatable bonds is 7. The average Bonchev–Trinajstić information content (AvgIpc) is 3.41. The highest BCUT2D eigenvalue weighted by Gasteiger charge is 2.17. The van der Waals surface area contributed by atoms with E-state index in [9.17, 15) is 4.79 Å². The number of hydrogen-bond donors (Lipinski definition) is 0. The van der Waals surface area contributed by atoms with Crippen molar-refractivity contribution in [2.24, 2.45) is 0 Å². The third kappa shape index (κ3) is 4.38. The van der Waals surface area contributed by atoms with E-state index in [4.69, 9.17) is 4.42 Å². The van der Waals surface area contributed by atoms with Crippen LogP contribution in [0, 0.1) is 0 Å². The van der Waals surface area contributed by atoms with Gasteiger partial charge in [0.15, 0.2) is 0 Å². The van der Waals surface area contributed by atoms with E-state index in [0.717, 1.165) is 22.6 Å². The van der Waals surface area contributed by atoms with Gasteiger partial charge in [-0.05, 0) is 35.4 Å². The van der Waals surface area contributed by atoms with Crippen molar-refractivity contribution in [2.75, 3.05) is 0 Å². The summed E-state index contributed by atoms with van der Waals surface area (Å²) in [6.45, 7) is 0.973. The fraction of sp³-hybridized carbons (Fsp3) is 0.130. The minimum absolute atomic E-state index is 0.0351. The SMILES string of the molecule is O=C(Cc1cnn(-c2ccccc2)c1)N(Cc1ccccc1)Cc1ccco1. The molecular formula is C23H21N3O2. The minimum Gasteiger partial charge on any atom is -0.467 e. The van der Waals surface area contributed by atoms with Gasteiger partial charge in [-0.2, -0.15) is 5.10 Å². The number of hydrogen-bond acceptors (Lipinski definition) is 3. The van der Waals surface area contributed by atoms with Gasteiger partial charge in [0.25, 0.3) is 0 Å². The van der Waals surface area contributed by atoms with Crippen molar-refractivity contribution in [3.63, 3.8) is 0 Å². The topological polar surface area (TPSA) is 51.3 Å². The maximum atomic E-state index is 13.0. The number of aromatic nitrogens is 2. The lowest BCUT2D eigenvalue weighted by molar-refractivity contribution is -0.132. The van der Waals surface area contributed by atoms with Crippen LogP contribution in [0.4, 0.5) is 0 Å². The molecule has 5 nitrogen and oxygen atoms in total. The number of carbonyl (C=O) groups is 1. The van der Waals surface area contributed by atoms with Gasteiger partial charge in [-0.15, -0.1) is 0 Å². The van der Waals surface area contributed by atoms with Crippen molar-refractivity contribution in [3.05, 3.63) is 108 Å². The van der Waals surface area contributed by atoms with Crippen LogP contribution in [0.15, 0.2) is 95.9 Å². The molecule has 0 bridgehead atoms. The summed E-state index contributed by atoms with van der Waals surface area (Å²) < 4.78 is 7.24. The van der Waals surface area contributed by atoms with Crippen LogP contribution in [0.3, 0.4) is 0 Å². The molecule has 5 heteroatoms. The third-order valence-electron chi connectivity index (χ3n) is 4.51. The lowest BCUT2D eigenvalue weighted by Gasteiger charge is -2.21. The summed E-state index contributed by atoms with van der Waals surface area (Å²) in [5.74, 6) is 0.803. The van der Waals surface area contributed by atoms with Crippen LogP contribution in [0.5, 0.6) is 0 Å². The molecule has 0 unspecified atom stereocenters. The van der Waals surface area contributed by atoms with E-state index in [1.54, 1.807) is 17.1 Å². The Morgan fingerprint density at radius 2 is 1.64 bits per heavy atom. The van der Waals surface area contributed by atoms with Gasteiger partial charge >= 0.3 is 0 Å². The largest absolute Gasteiger partial charge is 0.467 e. The molecule has 0 N–H and O–H groups in total. The van der Waals surface area contributed by atoms with Crippen LogP contribution in [0.1, 0.15) is 16.9 Å². The summed E-state index contributed by atoms with van der Waals surface area (Å²) in [7, 11) is 0. The van der Waals surface area contributed by atoms with Gasteiger partial charge in [-0.3, -0.25) is 4.79 Å². The molecule has 0 atom stereocenters. The second kappa shape index (κ2) is 8.39. The first-order valence-corrected chi connectivity index (χ1v) is 9.21. The van der Waals surface area contributed by atoms with Gasteiger partial charge in [-0.1, -0.05) is 48.5 Å². The predicted octanol–water partition coefficient (Wildman–Crippen LogP) is 4.24. The standard InChI is InChI=1S/C23H21N3O2/c27-23(14-20-15-24-26(17-20)21-10-5-2-6-11-21)25(18-22-12-7-13-28-22)16-19-8-3-1-4-9-19/h1-13,15,17H,14,16,18H2. The third-order valence-corrected chi connectivity index (χ3v) is 4.51. The highest BCUT2D eigenvalue weighted by atomic mass is 16.3. The van der Waals surface area contributed by atoms with Crippen LogP contribution in [0.2, 0.25) is 0 Å². The van der Waals surface area contributed by atoms with Crippen molar-refractivity contribution < 1.29 is 9.21 Å². The number of carbonyl (C=O) groups excluding carboxylic acids is 1. The molecule has 0 fully saturated rings. The van der Waals surface area contributed by atoms with E-state index in [1.165, 1.54) is 0 Å². The molecule has 0 saturated heterocycles. The van der Waals surface area contributed by atoms with Gasteiger partial charge in [-0.25, -0.2) is 4.68 Å². The quantitative estimate of drug-likeness (QED) is 0.488. The fourth-order valence-corrected chi connectivity index (χ4v) is 3.09. The molecule has 28 heavy (non-hydrogen) atoms. The number of furan rings is 1. The van der Waals surface area contributed by atoms with Crippen LogP contribution in [-0.2, 0) is 24.3 Å². The molecule has 0 spiro atoms. The van der Waals surface area contributed by atoms with Gasteiger partial charge < -0.3 is 9.32 Å². The minimum atomic E-state index is 0.0351. The monoisotopic (exact) mass is 371 g/mol. The second-order valence-corrected chi connectivity index (χ2v) is 6.62. The van der Waals surface area contributed by atoms with Gasteiger partial charge in [0.05, 0.1) is 31.1 Å². The van der Waals surface area contributed by atoms with Crippen molar-refractivity contribution in [1.29, 1.82) is 0 Å². The Hall–Kier alpha value is -3.60. The summed E-state index contributed by atoms with van der Waals surface area (Å²) >= 11 is 0. The molecule has 0 aliphatic carbocycles. The highest BCUT2D eigenvalue weighted by Crippen LogP contribution is 2.14. The lowest BCUT2D eigenvalue weighted by atomic mass is 10.1. The molecule has 0 aliphatic heterocycles. The second-order valence-electron chi connectivity index (χ2n) is 6.62. The molecule has 0 saturated carbocycles. The fourth-order valence-electron chi connectivity index (χ4n) is 3.09. The Labute approximate surface area is 163 Å². The Morgan fingerprint density at radius 3 is 2.36 bits per heavy atom.